The van der Waals surface area contributed by atoms with Crippen molar-refractivity contribution in [2.24, 2.45) is 111 Å². The maximum atomic E-state index is 11.3. The normalized spacial score (nSPS) is 13.1. The van der Waals surface area contributed by atoms with Crippen LogP contribution in [0.1, 0.15) is 183 Å². The molecule has 7 fully saturated rings. The highest BCUT2D eigenvalue weighted by Gasteiger charge is 2.25. The fourth-order valence-electron chi connectivity index (χ4n) is 7.32. The molecule has 146 heavy (non-hydrogen) atoms. The van der Waals surface area contributed by atoms with Gasteiger partial charge in [-0.1, -0.05) is 120 Å². The largest absolute Gasteiger partial charge is 0.466 e. The Hall–Kier alpha value is -14.2. The van der Waals surface area contributed by atoms with Crippen molar-refractivity contribution in [3.8, 4) is 24.2 Å². The number of thiophene rings is 1. The summed E-state index contributed by atoms with van der Waals surface area (Å²) >= 11 is 12.3. The fourth-order valence-corrected chi connectivity index (χ4v) is 8.01. The first kappa shape index (κ1) is 150. The van der Waals surface area contributed by atoms with Crippen LogP contribution in [-0.2, 0) is 122 Å². The van der Waals surface area contributed by atoms with Crippen molar-refractivity contribution in [2.75, 3.05) is 99.6 Å². The number of methoxy groups -OCH3 is 1. The number of benzene rings is 1. The van der Waals surface area contributed by atoms with Gasteiger partial charge in [0.2, 0.25) is 12.2 Å². The lowest BCUT2D eigenvalue weighted by atomic mass is 9.86. The molecule has 42 nitrogen and oxygen atoms in total. The number of carbonyl (C=O) groups is 3. The Labute approximate surface area is 880 Å². The number of halogens is 2. The van der Waals surface area contributed by atoms with E-state index in [1.165, 1.54) is 121 Å². The van der Waals surface area contributed by atoms with E-state index in [0.29, 0.717) is 99.7 Å². The lowest BCUT2D eigenvalue weighted by Gasteiger charge is -2.23. The highest BCUT2D eigenvalue weighted by molar-refractivity contribution is 7.10. The molecule has 0 spiro atoms. The van der Waals surface area contributed by atoms with Crippen LogP contribution in [0.2, 0.25) is 0 Å². The Bertz CT molecular complexity index is 3820. The van der Waals surface area contributed by atoms with Gasteiger partial charge in [-0.25, -0.2) is 9.59 Å². The molecule has 45 heteroatoms. The zero-order valence-corrected chi connectivity index (χ0v) is 90.2. The van der Waals surface area contributed by atoms with E-state index < -0.39 is 30.3 Å². The van der Waals surface area contributed by atoms with Gasteiger partial charge in [0.1, 0.15) is 83.9 Å². The summed E-state index contributed by atoms with van der Waals surface area (Å²) in [7, 11) is 1.31. The molecular formula is C101H162Cl2N18O24S. The number of terminal acetylenes is 1. The number of hydrogen-bond acceptors (Lipinski definition) is 43. The molecule has 820 valence electrons. The summed E-state index contributed by atoms with van der Waals surface area (Å²) in [6.45, 7) is 90.8. The van der Waals surface area contributed by atoms with Crippen LogP contribution in [0, 0.1) is 41.9 Å². The lowest BCUT2D eigenvalue weighted by Crippen LogP contribution is -2.30. The minimum atomic E-state index is -0.727. The third-order valence-corrected chi connectivity index (χ3v) is 17.2. The zero-order chi connectivity index (χ0) is 112. The van der Waals surface area contributed by atoms with E-state index in [1.54, 1.807) is 51.2 Å². The predicted molar refractivity (Wildman–Crippen MR) is 595 cm³/mol. The summed E-state index contributed by atoms with van der Waals surface area (Å²) < 4.78 is 14.1. The molecule has 0 amide bonds. The van der Waals surface area contributed by atoms with Crippen molar-refractivity contribution in [3.05, 3.63) is 141 Å². The second-order valence-corrected chi connectivity index (χ2v) is 30.9. The maximum absolute atomic E-state index is 11.3. The van der Waals surface area contributed by atoms with Crippen molar-refractivity contribution >= 4 is 173 Å². The third-order valence-electron chi connectivity index (χ3n) is 16.1. The van der Waals surface area contributed by atoms with Crippen LogP contribution >= 0.6 is 34.5 Å². The number of ether oxygens (including phenoxy) is 3. The van der Waals surface area contributed by atoms with E-state index in [0.717, 1.165) is 54.3 Å². The highest BCUT2D eigenvalue weighted by atomic mass is 35.5. The summed E-state index contributed by atoms with van der Waals surface area (Å²) in [6, 6.07) is 13.5. The Morgan fingerprint density at radius 3 is 1.13 bits per heavy atom. The number of esters is 2. The minimum Gasteiger partial charge on any atom is -0.466 e. The van der Waals surface area contributed by atoms with Crippen LogP contribution < -0.4 is 0 Å². The zero-order valence-electron chi connectivity index (χ0n) is 87.9. The van der Waals surface area contributed by atoms with Gasteiger partial charge < -0.3 is 101 Å². The molecule has 1 aliphatic heterocycles. The monoisotopic (exact) mass is 2110 g/mol. The van der Waals surface area contributed by atoms with Crippen molar-refractivity contribution in [3.63, 3.8) is 0 Å². The fraction of sp³-hybridized carbons (Fsp3) is 0.515. The van der Waals surface area contributed by atoms with Crippen LogP contribution in [0.25, 0.3) is 0 Å². The third kappa shape index (κ3) is 134. The van der Waals surface area contributed by atoms with Crippen LogP contribution in [0.15, 0.2) is 223 Å². The van der Waals surface area contributed by atoms with Gasteiger partial charge in [0.15, 0.2) is 25.1 Å². The van der Waals surface area contributed by atoms with E-state index in [1.807, 2.05) is 120 Å². The highest BCUT2D eigenvalue weighted by Crippen LogP contribution is 2.29. The number of Topliss-reactive ketones (excluding diaryl/α,β-unsaturated/α-hetero) is 1. The summed E-state index contributed by atoms with van der Waals surface area (Å²) in [5, 5.41) is 60.7. The van der Waals surface area contributed by atoms with Gasteiger partial charge in [-0.05, 0) is 231 Å². The number of allylic oxidation sites excluding steroid dienone is 5. The first-order valence-corrected chi connectivity index (χ1v) is 46.9. The summed E-state index contributed by atoms with van der Waals surface area (Å²) in [5.41, 5.74) is 4.42. The Balaban J connectivity index is -0.000000196. The lowest BCUT2D eigenvalue weighted by molar-refractivity contribution is -0.155. The van der Waals surface area contributed by atoms with E-state index in [4.69, 9.17) is 58.6 Å². The van der Waals surface area contributed by atoms with E-state index in [-0.39, 0.29) is 19.0 Å². The molecule has 0 radical (unpaired) electrons. The van der Waals surface area contributed by atoms with E-state index >= 15 is 0 Å². The summed E-state index contributed by atoms with van der Waals surface area (Å²) in [6.07, 6.45) is 36.3. The molecule has 0 N–H and O–H groups in total. The number of nitrogens with zero attached hydrogens (tertiary/aromatic N) is 18. The molecule has 6 saturated carbocycles. The molecule has 1 aromatic heterocycles. The second-order valence-electron chi connectivity index (χ2n) is 28.8. The van der Waals surface area contributed by atoms with E-state index in [2.05, 4.69) is 317 Å². The smallest absolute Gasteiger partial charge is 0.350 e. The van der Waals surface area contributed by atoms with Crippen LogP contribution in [0.5, 0.6) is 0 Å². The van der Waals surface area contributed by atoms with Gasteiger partial charge in [-0.15, -0.1) is 111 Å². The number of carbonyl (C=O) groups excluding carboxylic acids is 3. The maximum Gasteiger partial charge on any atom is 0.350 e. The molecule has 2 heterocycles. The summed E-state index contributed by atoms with van der Waals surface area (Å²) in [5.74, 6) is 9.50. The van der Waals surface area contributed by atoms with Crippen molar-refractivity contribution in [1.29, 1.82) is 0 Å². The number of ketones is 1. The van der Waals surface area contributed by atoms with Crippen LogP contribution in [0.4, 0.5) is 0 Å². The number of oxime groups is 18. The Morgan fingerprint density at radius 1 is 0.466 bits per heavy atom. The topological polar surface area (TPSA) is 468 Å². The Morgan fingerprint density at radius 2 is 0.863 bits per heavy atom. The van der Waals surface area contributed by atoms with Crippen molar-refractivity contribution < 1.29 is 116 Å². The van der Waals surface area contributed by atoms with Crippen molar-refractivity contribution in [1.82, 2.24) is 0 Å². The van der Waals surface area contributed by atoms with Gasteiger partial charge in [0.05, 0.1) is 36.8 Å². The standard InChI is InChI=1S/C11H13NO3.C11H11NOS.C6H11NO3.3C6H11NO.C5H8ClNO.2C5H9NO2.4C5H9NO.C4H6ClNO.3C4H7NO.C4H5NO/c1-12-15-10(11(13)14-2)8-9-6-4-3-5-7-9;1-10(7-8-13-12-2)5-6-11-4-3-9-14-11;1-4-9-6(8)5(2)10-7-3;1-7-8-5-6-3-2-4-6;2*1-6(2)4-5-8-7-3;1-5(6)3-4-8-7-2;1-6-8-4-5-2-7-3-5;1-4(7)5(2)8-6-3;1-6-7-4-5-2-3-5;2*1-6-7-5-3-2-4-5;1-3-4-5-7-6-2;1-4(5)3-7-6-2;2*1-5-6-4-2-3-4;2*1-3-4-6-5-2/h3-7,10H,1,8H2,2H3;3-4,7,9H,2,8H2,1H3;5H,3-4H2,1-2H3;6H,1-5H2;2*4H,3,5H2,1-2H3;3H,2,4H2,1H3;5H,1-4H2;5H,3H2,1-2H3;3*5H,1-4H2;3-4H,2,5H2,1H3;1-3H2;2*4H,1-3H2;3H,1-2,4H2;1H,2,4H2/b;10-7-;;;;;5-3-;;;;;;4-3+;;;;;/t;;;;;;;;5-;;;;;;;;;/m........0........./s1. The molecule has 0 bridgehead atoms. The van der Waals surface area contributed by atoms with Gasteiger partial charge in [0, 0.05) is 138 Å². The molecule has 9 rings (SSSR count). The first-order chi connectivity index (χ1) is 70.3. The van der Waals surface area contributed by atoms with Gasteiger partial charge in [0.25, 0.3) is 0 Å². The van der Waals surface area contributed by atoms with Gasteiger partial charge in [-0.3, -0.25) is 4.79 Å². The minimum absolute atomic E-state index is 0.0441. The average Bonchev–Trinajstić information content (AvgIpc) is 1.17. The molecule has 1 aromatic carbocycles. The molecule has 3 atom stereocenters. The molecule has 6 aliphatic carbocycles. The number of hydrogen-bond donors (Lipinski definition) is 0. The molecule has 2 aromatic rings. The SMILES string of the molecule is C#CCON=C.C=CCON=C.C=NOC(C)C(=O)OCC.C=NOC(Cc1ccccc1)C(=O)OC.C=NOC/C=C(/C)C#Cc1cccs1.C=NOC/C=C(/C)Cl.C=NOC/C=C/C.C=NOC1CC1.C=NOC1CC1.C=NOC1CCC1.C=NOC1CCC1.C=NOCC(=C)Cl.C=NOCC1CC1.C=NOCC1CCC1.C=NOCC1COC1.C=NOCC=C(C)C.C=NOCC=C(C)C.C=NO[C@@H](C)C(C)=O. The quantitative estimate of drug-likeness (QED) is 0.0148. The Kier molecular flexibility index (Phi) is 126. The van der Waals surface area contributed by atoms with Gasteiger partial charge >= 0.3 is 11.9 Å². The second kappa shape index (κ2) is 123. The molecular weight excluding hydrogens is 1950 g/mol. The molecule has 7 aliphatic rings. The summed E-state index contributed by atoms with van der Waals surface area (Å²) in [4.78, 5) is 116. The molecule has 1 saturated heterocycles. The van der Waals surface area contributed by atoms with Gasteiger partial charge in [-0.2, -0.15) is 0 Å². The number of rotatable bonds is 52. The van der Waals surface area contributed by atoms with Crippen LogP contribution in [0.3, 0.4) is 0 Å². The molecule has 2 unspecified atom stereocenters. The predicted octanol–water partition coefficient (Wildman–Crippen LogP) is 20.4. The van der Waals surface area contributed by atoms with E-state index in [9.17, 15) is 14.4 Å². The van der Waals surface area contributed by atoms with Crippen LogP contribution in [-0.4, -0.2) is 281 Å². The first-order valence-electron chi connectivity index (χ1n) is 45.2. The average molecular weight is 2120 g/mol. The van der Waals surface area contributed by atoms with Crippen molar-refractivity contribution in [2.45, 2.75) is 222 Å².